The number of hydrogen-bond acceptors (Lipinski definition) is 5. The summed E-state index contributed by atoms with van der Waals surface area (Å²) in [5, 5.41) is 4.48. The number of nitrogens with zero attached hydrogens (tertiary/aromatic N) is 3. The Balaban J connectivity index is 1.60. The van der Waals surface area contributed by atoms with Crippen molar-refractivity contribution in [3.8, 4) is 0 Å². The molecule has 1 spiro atoms. The second kappa shape index (κ2) is 9.31. The van der Waals surface area contributed by atoms with Crippen molar-refractivity contribution < 1.29 is 13.2 Å². The average molecular weight is 473 g/mol. The van der Waals surface area contributed by atoms with Gasteiger partial charge < -0.3 is 4.90 Å². The van der Waals surface area contributed by atoms with E-state index in [4.69, 9.17) is 0 Å². The fourth-order valence-electron chi connectivity index (χ4n) is 5.07. The molecule has 2 aliphatic rings. The molecule has 33 heavy (non-hydrogen) atoms. The standard InChI is InChI=1S/C25H36N4O3S/c1-5-18(3)17-29-24(30)22(19(4)6-2)27-25(29)12-15-28(16-13-25)33(31,32)21-11-7-9-20-10-8-14-26-23(20)21/h7-11,14,18-19,22,27H,5-6,12-13,15-17H2,1-4H3/t18-,19+,22+/m0/s1. The third kappa shape index (κ3) is 4.29. The van der Waals surface area contributed by atoms with Gasteiger partial charge in [0.15, 0.2) is 0 Å². The van der Waals surface area contributed by atoms with Crippen molar-refractivity contribution in [2.45, 2.75) is 70.0 Å². The van der Waals surface area contributed by atoms with E-state index in [0.717, 1.165) is 18.2 Å². The molecule has 3 atom stereocenters. The first-order valence-electron chi connectivity index (χ1n) is 12.2. The van der Waals surface area contributed by atoms with Gasteiger partial charge in [-0.1, -0.05) is 58.7 Å². The molecule has 1 N–H and O–H groups in total. The Labute approximate surface area is 197 Å². The monoisotopic (exact) mass is 472 g/mol. The summed E-state index contributed by atoms with van der Waals surface area (Å²) in [6, 6.07) is 8.77. The smallest absolute Gasteiger partial charge is 0.245 e. The molecule has 0 bridgehead atoms. The number of piperidine rings is 1. The normalized spacial score (nSPS) is 23.3. The highest BCUT2D eigenvalue weighted by Gasteiger charge is 2.53. The zero-order chi connectivity index (χ0) is 23.8. The maximum atomic E-state index is 13.6. The Morgan fingerprint density at radius 1 is 1.12 bits per heavy atom. The molecule has 0 radical (unpaired) electrons. The molecule has 0 saturated carbocycles. The molecule has 2 aliphatic heterocycles. The molecule has 3 heterocycles. The minimum atomic E-state index is -3.69. The highest BCUT2D eigenvalue weighted by atomic mass is 32.2. The van der Waals surface area contributed by atoms with Crippen molar-refractivity contribution in [2.24, 2.45) is 11.8 Å². The minimum Gasteiger partial charge on any atom is -0.323 e. The molecule has 180 valence electrons. The molecule has 8 heteroatoms. The maximum Gasteiger partial charge on any atom is 0.245 e. The largest absolute Gasteiger partial charge is 0.323 e. The number of sulfonamides is 1. The van der Waals surface area contributed by atoms with Crippen LogP contribution in [0.25, 0.3) is 10.9 Å². The first kappa shape index (κ1) is 24.1. The topological polar surface area (TPSA) is 82.6 Å². The van der Waals surface area contributed by atoms with E-state index in [2.05, 4.69) is 38.0 Å². The van der Waals surface area contributed by atoms with Crippen LogP contribution in [-0.2, 0) is 14.8 Å². The predicted molar refractivity (Wildman–Crippen MR) is 130 cm³/mol. The number of amides is 1. The number of rotatable bonds is 7. The van der Waals surface area contributed by atoms with Crippen LogP contribution in [0.2, 0.25) is 0 Å². The minimum absolute atomic E-state index is 0.166. The van der Waals surface area contributed by atoms with Crippen LogP contribution in [0, 0.1) is 11.8 Å². The van der Waals surface area contributed by atoms with Crippen molar-refractivity contribution >= 4 is 26.8 Å². The van der Waals surface area contributed by atoms with Crippen molar-refractivity contribution in [1.29, 1.82) is 0 Å². The van der Waals surface area contributed by atoms with E-state index in [1.165, 1.54) is 0 Å². The number of carbonyl (C=O) groups is 1. The molecule has 2 fully saturated rings. The Hall–Kier alpha value is -2.03. The number of hydrogen-bond donors (Lipinski definition) is 1. The van der Waals surface area contributed by atoms with Gasteiger partial charge in [0.25, 0.3) is 0 Å². The van der Waals surface area contributed by atoms with Gasteiger partial charge in [-0.15, -0.1) is 0 Å². The van der Waals surface area contributed by atoms with Gasteiger partial charge in [-0.2, -0.15) is 4.31 Å². The first-order chi connectivity index (χ1) is 15.7. The summed E-state index contributed by atoms with van der Waals surface area (Å²) in [6.07, 6.45) is 4.72. The van der Waals surface area contributed by atoms with Gasteiger partial charge in [-0.05, 0) is 36.8 Å². The van der Waals surface area contributed by atoms with Gasteiger partial charge in [-0.3, -0.25) is 15.1 Å². The van der Waals surface area contributed by atoms with Gasteiger partial charge in [-0.25, -0.2) is 8.42 Å². The SMILES string of the molecule is CC[C@H](C)CN1C(=O)[C@@H]([C@H](C)CC)NC12CCN(S(=O)(=O)c1cccc3cccnc13)CC2. The van der Waals surface area contributed by atoms with Crippen LogP contribution >= 0.6 is 0 Å². The Bertz CT molecular complexity index is 1110. The van der Waals surface area contributed by atoms with E-state index in [0.29, 0.717) is 43.9 Å². The predicted octanol–water partition coefficient (Wildman–Crippen LogP) is 3.61. The number of aromatic nitrogens is 1. The van der Waals surface area contributed by atoms with E-state index in [1.807, 2.05) is 23.1 Å². The van der Waals surface area contributed by atoms with Crippen molar-refractivity contribution in [3.63, 3.8) is 0 Å². The highest BCUT2D eigenvalue weighted by Crippen LogP contribution is 2.37. The van der Waals surface area contributed by atoms with E-state index < -0.39 is 15.7 Å². The lowest BCUT2D eigenvalue weighted by Crippen LogP contribution is -2.60. The molecule has 1 aromatic carbocycles. The van der Waals surface area contributed by atoms with Crippen LogP contribution in [0.1, 0.15) is 53.4 Å². The van der Waals surface area contributed by atoms with Gasteiger partial charge in [0.1, 0.15) is 4.90 Å². The van der Waals surface area contributed by atoms with Crippen molar-refractivity contribution in [1.82, 2.24) is 19.5 Å². The second-order valence-electron chi connectivity index (χ2n) is 9.74. The van der Waals surface area contributed by atoms with Crippen LogP contribution < -0.4 is 5.32 Å². The Morgan fingerprint density at radius 2 is 1.82 bits per heavy atom. The second-order valence-corrected chi connectivity index (χ2v) is 11.6. The molecular formula is C25H36N4O3S. The summed E-state index contributed by atoms with van der Waals surface area (Å²) in [5.41, 5.74) is 0.0298. The summed E-state index contributed by atoms with van der Waals surface area (Å²) in [6.45, 7) is 9.98. The number of fused-ring (bicyclic) bond motifs is 1. The number of para-hydroxylation sites is 1. The van der Waals surface area contributed by atoms with Gasteiger partial charge in [0, 0.05) is 31.2 Å². The molecule has 7 nitrogen and oxygen atoms in total. The molecule has 2 aromatic rings. The van der Waals surface area contributed by atoms with Crippen molar-refractivity contribution in [2.75, 3.05) is 19.6 Å². The summed E-state index contributed by atoms with van der Waals surface area (Å²) in [4.78, 5) is 20.0. The van der Waals surface area contributed by atoms with Crippen molar-refractivity contribution in [3.05, 3.63) is 36.5 Å². The summed E-state index contributed by atoms with van der Waals surface area (Å²) in [5.74, 6) is 0.797. The lowest BCUT2D eigenvalue weighted by molar-refractivity contribution is -0.134. The lowest BCUT2D eigenvalue weighted by Gasteiger charge is -2.45. The molecule has 1 aromatic heterocycles. The lowest BCUT2D eigenvalue weighted by atomic mass is 9.95. The molecule has 0 unspecified atom stereocenters. The Morgan fingerprint density at radius 3 is 2.48 bits per heavy atom. The first-order valence-corrected chi connectivity index (χ1v) is 13.6. The average Bonchev–Trinajstić information content (AvgIpc) is 3.09. The van der Waals surface area contributed by atoms with Crippen LogP contribution in [0.15, 0.2) is 41.4 Å². The van der Waals surface area contributed by atoms with Gasteiger partial charge in [0.2, 0.25) is 15.9 Å². The van der Waals surface area contributed by atoms with Gasteiger partial charge in [0.05, 0.1) is 17.2 Å². The van der Waals surface area contributed by atoms with E-state index in [1.54, 1.807) is 22.6 Å². The molecule has 2 saturated heterocycles. The van der Waals surface area contributed by atoms with Crippen LogP contribution in [0.5, 0.6) is 0 Å². The van der Waals surface area contributed by atoms with Crippen LogP contribution in [0.3, 0.4) is 0 Å². The van der Waals surface area contributed by atoms with Crippen LogP contribution in [0.4, 0.5) is 0 Å². The molecule has 1 amide bonds. The molecule has 0 aliphatic carbocycles. The molecular weight excluding hydrogens is 436 g/mol. The number of pyridine rings is 1. The highest BCUT2D eigenvalue weighted by molar-refractivity contribution is 7.89. The number of nitrogens with one attached hydrogen (secondary N) is 1. The molecule has 4 rings (SSSR count). The van der Waals surface area contributed by atoms with E-state index in [9.17, 15) is 13.2 Å². The third-order valence-corrected chi connectivity index (χ3v) is 9.57. The van der Waals surface area contributed by atoms with E-state index in [-0.39, 0.29) is 22.8 Å². The quantitative estimate of drug-likeness (QED) is 0.666. The summed E-state index contributed by atoms with van der Waals surface area (Å²) in [7, 11) is -3.69. The Kier molecular flexibility index (Phi) is 6.80. The summed E-state index contributed by atoms with van der Waals surface area (Å²) < 4.78 is 28.7. The fraction of sp³-hybridized carbons (Fsp3) is 0.600. The number of carbonyl (C=O) groups excluding carboxylic acids is 1. The van der Waals surface area contributed by atoms with Gasteiger partial charge >= 0.3 is 0 Å². The zero-order valence-electron chi connectivity index (χ0n) is 20.1. The number of benzene rings is 1. The fourth-order valence-corrected chi connectivity index (χ4v) is 6.68. The summed E-state index contributed by atoms with van der Waals surface area (Å²) >= 11 is 0. The zero-order valence-corrected chi connectivity index (χ0v) is 20.9. The van der Waals surface area contributed by atoms with E-state index >= 15 is 0 Å². The van der Waals surface area contributed by atoms with Crippen LogP contribution in [-0.4, -0.2) is 59.9 Å². The third-order valence-electron chi connectivity index (χ3n) is 7.64. The maximum absolute atomic E-state index is 13.6.